The molecule has 0 N–H and O–H groups in total. The quantitative estimate of drug-likeness (QED) is 0.153. The number of hydrogen-bond acceptors (Lipinski definition) is 2. The molecule has 2 atom stereocenters. The summed E-state index contributed by atoms with van der Waals surface area (Å²) in [6, 6.07) is 0. The highest BCUT2D eigenvalue weighted by atomic mass is 19.4. The van der Waals surface area contributed by atoms with Gasteiger partial charge in [0, 0.05) is 6.42 Å². The summed E-state index contributed by atoms with van der Waals surface area (Å²) < 4.78 is 84.7. The van der Waals surface area contributed by atoms with Crippen molar-refractivity contribution in [3.63, 3.8) is 0 Å². The third-order valence-corrected chi connectivity index (χ3v) is 5.98. The van der Waals surface area contributed by atoms with Crippen molar-refractivity contribution >= 4 is 0 Å². The molecule has 0 aliphatic heterocycles. The van der Waals surface area contributed by atoms with E-state index in [-0.39, 0.29) is 6.42 Å². The lowest BCUT2D eigenvalue weighted by molar-refractivity contribution is -0.306. The van der Waals surface area contributed by atoms with Crippen molar-refractivity contribution in [2.24, 2.45) is 23.7 Å². The van der Waals surface area contributed by atoms with Crippen LogP contribution in [0, 0.1) is 23.7 Å². The lowest BCUT2D eigenvalue weighted by atomic mass is 9.84. The molecule has 2 unspecified atom stereocenters. The van der Waals surface area contributed by atoms with Crippen molar-refractivity contribution < 1.29 is 35.8 Å². The standard InChI is InChI=1S/C24H44F6O2/c1-18(2)10-7-11-20(5)12-8-13-21(19(3)4)14-9-15-22(6,31-16-23(25,26)27)32-17-24(28,29)30/h18-21H,7-17H2,1-6H3. The summed E-state index contributed by atoms with van der Waals surface area (Å²) in [7, 11) is 0. The van der Waals surface area contributed by atoms with Gasteiger partial charge in [-0.25, -0.2) is 0 Å². The van der Waals surface area contributed by atoms with Crippen molar-refractivity contribution in [3.05, 3.63) is 0 Å². The van der Waals surface area contributed by atoms with Crippen LogP contribution in [0.1, 0.15) is 99.3 Å². The first-order valence-electron chi connectivity index (χ1n) is 11.9. The Labute approximate surface area is 190 Å². The number of hydrogen-bond donors (Lipinski definition) is 0. The normalized spacial score (nSPS) is 15.6. The summed E-state index contributed by atoms with van der Waals surface area (Å²) >= 11 is 0. The smallest absolute Gasteiger partial charge is 0.341 e. The molecule has 0 aliphatic carbocycles. The zero-order valence-corrected chi connectivity index (χ0v) is 20.7. The van der Waals surface area contributed by atoms with Crippen molar-refractivity contribution in [3.8, 4) is 0 Å². The molecule has 0 saturated heterocycles. The van der Waals surface area contributed by atoms with Gasteiger partial charge >= 0.3 is 12.4 Å². The molecule has 2 nitrogen and oxygen atoms in total. The molecular formula is C24H44F6O2. The maximum atomic E-state index is 12.5. The van der Waals surface area contributed by atoms with Crippen LogP contribution < -0.4 is 0 Å². The molecule has 0 bridgehead atoms. The first kappa shape index (κ1) is 31.5. The largest absolute Gasteiger partial charge is 0.411 e. The summed E-state index contributed by atoms with van der Waals surface area (Å²) in [5, 5.41) is 0. The van der Waals surface area contributed by atoms with Gasteiger partial charge < -0.3 is 9.47 Å². The van der Waals surface area contributed by atoms with E-state index in [4.69, 9.17) is 9.47 Å². The van der Waals surface area contributed by atoms with Crippen LogP contribution >= 0.6 is 0 Å². The lowest BCUT2D eigenvalue weighted by Crippen LogP contribution is -2.39. The third kappa shape index (κ3) is 18.0. The van der Waals surface area contributed by atoms with E-state index in [1.165, 1.54) is 19.3 Å². The fraction of sp³-hybridized carbons (Fsp3) is 1.00. The molecule has 0 rings (SSSR count). The number of rotatable bonds is 17. The summed E-state index contributed by atoms with van der Waals surface area (Å²) in [5.74, 6) is 0.226. The van der Waals surface area contributed by atoms with Crippen LogP contribution in [0.2, 0.25) is 0 Å². The number of halogens is 6. The van der Waals surface area contributed by atoms with E-state index in [0.717, 1.165) is 38.5 Å². The van der Waals surface area contributed by atoms with Gasteiger partial charge in [0.1, 0.15) is 13.2 Å². The Balaban J connectivity index is 4.59. The van der Waals surface area contributed by atoms with E-state index in [2.05, 4.69) is 34.6 Å². The molecule has 0 aliphatic rings. The Morgan fingerprint density at radius 3 is 1.47 bits per heavy atom. The second-order valence-corrected chi connectivity index (χ2v) is 10.2. The van der Waals surface area contributed by atoms with Gasteiger partial charge in [-0.3, -0.25) is 0 Å². The zero-order valence-electron chi connectivity index (χ0n) is 20.7. The predicted molar refractivity (Wildman–Crippen MR) is 116 cm³/mol. The minimum atomic E-state index is -4.63. The Kier molecular flexibility index (Phi) is 14.5. The van der Waals surface area contributed by atoms with Gasteiger partial charge in [-0.2, -0.15) is 26.3 Å². The molecule has 0 heterocycles. The van der Waals surface area contributed by atoms with E-state index >= 15 is 0 Å². The van der Waals surface area contributed by atoms with E-state index in [9.17, 15) is 26.3 Å². The molecule has 194 valence electrons. The van der Waals surface area contributed by atoms with Crippen LogP contribution in [0.3, 0.4) is 0 Å². The number of ether oxygens (including phenoxy) is 2. The van der Waals surface area contributed by atoms with Gasteiger partial charge in [0.25, 0.3) is 0 Å². The van der Waals surface area contributed by atoms with Crippen LogP contribution in [0.4, 0.5) is 26.3 Å². The number of alkyl halides is 6. The van der Waals surface area contributed by atoms with Gasteiger partial charge in [-0.05, 0) is 37.0 Å². The van der Waals surface area contributed by atoms with Crippen LogP contribution in [0.5, 0.6) is 0 Å². The molecule has 0 amide bonds. The van der Waals surface area contributed by atoms with E-state index < -0.39 is 31.4 Å². The maximum absolute atomic E-state index is 12.5. The Hall–Kier alpha value is -0.500. The minimum absolute atomic E-state index is 0.0199. The first-order valence-corrected chi connectivity index (χ1v) is 11.9. The topological polar surface area (TPSA) is 18.5 Å². The maximum Gasteiger partial charge on any atom is 0.411 e. The van der Waals surface area contributed by atoms with E-state index in [0.29, 0.717) is 24.2 Å². The Morgan fingerprint density at radius 1 is 0.625 bits per heavy atom. The minimum Gasteiger partial charge on any atom is -0.341 e. The molecule has 8 heteroatoms. The first-order chi connectivity index (χ1) is 14.5. The van der Waals surface area contributed by atoms with Gasteiger partial charge in [0.15, 0.2) is 5.79 Å². The SMILES string of the molecule is CC(C)CCCC(C)CCCC(CCCC(C)(OCC(F)(F)F)OCC(F)(F)F)C(C)C. The van der Waals surface area contributed by atoms with Gasteiger partial charge in [0.05, 0.1) is 0 Å². The van der Waals surface area contributed by atoms with Crippen molar-refractivity contribution in [2.45, 2.75) is 117 Å². The molecular weight excluding hydrogens is 434 g/mol. The van der Waals surface area contributed by atoms with Crippen molar-refractivity contribution in [2.75, 3.05) is 13.2 Å². The van der Waals surface area contributed by atoms with Gasteiger partial charge in [-0.15, -0.1) is 0 Å². The molecule has 0 aromatic heterocycles. The van der Waals surface area contributed by atoms with Crippen molar-refractivity contribution in [1.82, 2.24) is 0 Å². The summed E-state index contributed by atoms with van der Waals surface area (Å²) in [6.07, 6.45) is -1.19. The molecule has 0 aromatic rings. The van der Waals surface area contributed by atoms with Gasteiger partial charge in [0.2, 0.25) is 0 Å². The highest BCUT2D eigenvalue weighted by molar-refractivity contribution is 4.71. The second kappa shape index (κ2) is 14.7. The fourth-order valence-electron chi connectivity index (χ4n) is 3.90. The molecule has 0 spiro atoms. The van der Waals surface area contributed by atoms with E-state index in [1.54, 1.807) is 0 Å². The lowest BCUT2D eigenvalue weighted by Gasteiger charge is -2.32. The zero-order chi connectivity index (χ0) is 25.0. The molecule has 32 heavy (non-hydrogen) atoms. The predicted octanol–water partition coefficient (Wildman–Crippen LogP) is 8.94. The van der Waals surface area contributed by atoms with Crippen LogP contribution in [-0.2, 0) is 9.47 Å². The molecule has 0 aromatic carbocycles. The average molecular weight is 479 g/mol. The second-order valence-electron chi connectivity index (χ2n) is 10.2. The molecule has 0 radical (unpaired) electrons. The van der Waals surface area contributed by atoms with Crippen LogP contribution in [-0.4, -0.2) is 31.4 Å². The summed E-state index contributed by atoms with van der Waals surface area (Å²) in [6.45, 7) is 8.83. The highest BCUT2D eigenvalue weighted by Crippen LogP contribution is 2.31. The molecule has 0 saturated carbocycles. The fourth-order valence-corrected chi connectivity index (χ4v) is 3.90. The highest BCUT2D eigenvalue weighted by Gasteiger charge is 2.38. The monoisotopic (exact) mass is 478 g/mol. The third-order valence-electron chi connectivity index (χ3n) is 5.98. The summed E-state index contributed by atoms with van der Waals surface area (Å²) in [4.78, 5) is 0. The molecule has 0 fully saturated rings. The van der Waals surface area contributed by atoms with Crippen LogP contribution in [0.25, 0.3) is 0 Å². The average Bonchev–Trinajstić information content (AvgIpc) is 2.62. The van der Waals surface area contributed by atoms with Crippen molar-refractivity contribution in [1.29, 1.82) is 0 Å². The summed E-state index contributed by atoms with van der Waals surface area (Å²) in [5.41, 5.74) is 0. The van der Waals surface area contributed by atoms with Gasteiger partial charge in [-0.1, -0.05) is 79.6 Å². The Bertz CT molecular complexity index is 456. The Morgan fingerprint density at radius 2 is 1.06 bits per heavy atom. The van der Waals surface area contributed by atoms with E-state index in [1.807, 2.05) is 0 Å². The van der Waals surface area contributed by atoms with Crippen LogP contribution in [0.15, 0.2) is 0 Å².